The Morgan fingerprint density at radius 1 is 1.42 bits per heavy atom. The van der Waals surface area contributed by atoms with Gasteiger partial charge in [-0.1, -0.05) is 23.2 Å². The van der Waals surface area contributed by atoms with Crippen molar-refractivity contribution in [1.29, 1.82) is 0 Å². The zero-order valence-corrected chi connectivity index (χ0v) is 11.3. The van der Waals surface area contributed by atoms with E-state index in [4.69, 9.17) is 32.7 Å². The van der Waals surface area contributed by atoms with Gasteiger partial charge in [0.15, 0.2) is 12.0 Å². The van der Waals surface area contributed by atoms with Gasteiger partial charge in [0.05, 0.1) is 19.4 Å². The monoisotopic (exact) mass is 308 g/mol. The number of hydrogen-bond acceptors (Lipinski definition) is 5. The van der Waals surface area contributed by atoms with Crippen LogP contribution in [0.2, 0.25) is 10.0 Å². The summed E-state index contributed by atoms with van der Waals surface area (Å²) < 4.78 is 9.57. The average Bonchev–Trinajstić information content (AvgIpc) is 2.64. The first-order chi connectivity index (χ1) is 8.90. The van der Waals surface area contributed by atoms with Gasteiger partial charge in [0.25, 0.3) is 0 Å². The summed E-state index contributed by atoms with van der Waals surface area (Å²) in [4.78, 5) is 32.8. The van der Waals surface area contributed by atoms with Gasteiger partial charge >= 0.3 is 11.9 Å². The first-order valence-corrected chi connectivity index (χ1v) is 5.87. The largest absolute Gasteiger partial charge is 0.481 e. The van der Waals surface area contributed by atoms with E-state index in [0.29, 0.717) is 6.29 Å². The fraction of sp³-hybridized carbons (Fsp3) is 0.364. The zero-order valence-electron chi connectivity index (χ0n) is 9.81. The zero-order chi connectivity index (χ0) is 14.6. The molecule has 1 heterocycles. The van der Waals surface area contributed by atoms with Crippen molar-refractivity contribution in [3.63, 3.8) is 0 Å². The predicted octanol–water partition coefficient (Wildman–Crippen LogP) is 2.21. The summed E-state index contributed by atoms with van der Waals surface area (Å²) in [5, 5.41) is 8.65. The lowest BCUT2D eigenvalue weighted by molar-refractivity contribution is -0.150. The summed E-state index contributed by atoms with van der Waals surface area (Å²) in [6.07, 6.45) is -0.189. The molecule has 1 aromatic rings. The minimum absolute atomic E-state index is 0.0111. The molecule has 1 atom stereocenters. The Bertz CT molecular complexity index is 508. The molecule has 0 amide bonds. The van der Waals surface area contributed by atoms with Gasteiger partial charge in [-0.05, 0) is 0 Å². The Labute approximate surface area is 118 Å². The smallest absolute Gasteiger partial charge is 0.309 e. The van der Waals surface area contributed by atoms with Gasteiger partial charge in [0.2, 0.25) is 0 Å². The van der Waals surface area contributed by atoms with Crippen LogP contribution < -0.4 is 0 Å². The van der Waals surface area contributed by atoms with Crippen molar-refractivity contribution in [2.45, 2.75) is 12.8 Å². The molecule has 0 aliphatic carbocycles. The Balaban J connectivity index is 2.99. The highest BCUT2D eigenvalue weighted by molar-refractivity contribution is 6.43. The van der Waals surface area contributed by atoms with Crippen LogP contribution in [0.3, 0.4) is 0 Å². The molecule has 0 spiro atoms. The van der Waals surface area contributed by atoms with Crippen LogP contribution in [0.1, 0.15) is 22.7 Å². The third kappa shape index (κ3) is 3.71. The van der Waals surface area contributed by atoms with Crippen LogP contribution in [0.5, 0.6) is 0 Å². The second kappa shape index (κ2) is 6.58. The van der Waals surface area contributed by atoms with Gasteiger partial charge in [-0.3, -0.25) is 14.4 Å². The molecule has 0 radical (unpaired) electrons. The quantitative estimate of drug-likeness (QED) is 0.639. The molecule has 0 saturated heterocycles. The molecular weight excluding hydrogens is 299 g/mol. The number of rotatable bonds is 6. The van der Waals surface area contributed by atoms with Gasteiger partial charge in [0, 0.05) is 6.42 Å². The van der Waals surface area contributed by atoms with E-state index in [0.717, 1.165) is 7.11 Å². The maximum absolute atomic E-state index is 11.5. The van der Waals surface area contributed by atoms with Crippen molar-refractivity contribution in [3.05, 3.63) is 21.6 Å². The molecule has 0 saturated carbocycles. The molecule has 1 aromatic heterocycles. The van der Waals surface area contributed by atoms with E-state index in [1.165, 1.54) is 0 Å². The number of ether oxygens (including phenoxy) is 1. The van der Waals surface area contributed by atoms with Crippen LogP contribution in [0.15, 0.2) is 4.42 Å². The molecule has 0 aromatic carbocycles. The van der Waals surface area contributed by atoms with Gasteiger partial charge in [-0.2, -0.15) is 0 Å². The standard InChI is InChI=1S/C11H10Cl2O6/c1-18-11(17)5(3-8(15)16)2-6-9(12)10(13)7(4-14)19-6/h4-5H,2-3H2,1H3,(H,15,16). The fourth-order valence-electron chi connectivity index (χ4n) is 1.50. The number of aldehydes is 1. The number of halogens is 2. The molecule has 0 bridgehead atoms. The van der Waals surface area contributed by atoms with Crippen LogP contribution in [-0.4, -0.2) is 30.4 Å². The second-order valence-electron chi connectivity index (χ2n) is 3.66. The van der Waals surface area contributed by atoms with Gasteiger partial charge in [-0.25, -0.2) is 0 Å². The van der Waals surface area contributed by atoms with Crippen LogP contribution in [-0.2, 0) is 20.7 Å². The van der Waals surface area contributed by atoms with E-state index in [9.17, 15) is 14.4 Å². The maximum atomic E-state index is 11.5. The van der Waals surface area contributed by atoms with E-state index in [-0.39, 0.29) is 28.0 Å². The van der Waals surface area contributed by atoms with Crippen molar-refractivity contribution in [2.75, 3.05) is 7.11 Å². The third-order valence-electron chi connectivity index (χ3n) is 2.38. The Kier molecular flexibility index (Phi) is 5.38. The number of carbonyl (C=O) groups is 3. The molecule has 1 unspecified atom stereocenters. The van der Waals surface area contributed by atoms with E-state index in [2.05, 4.69) is 4.74 Å². The van der Waals surface area contributed by atoms with E-state index >= 15 is 0 Å². The molecule has 0 aliphatic rings. The van der Waals surface area contributed by atoms with Crippen molar-refractivity contribution in [1.82, 2.24) is 0 Å². The Morgan fingerprint density at radius 3 is 2.47 bits per heavy atom. The van der Waals surface area contributed by atoms with Crippen LogP contribution >= 0.6 is 23.2 Å². The summed E-state index contributed by atoms with van der Waals surface area (Å²) in [7, 11) is 1.14. The maximum Gasteiger partial charge on any atom is 0.309 e. The Morgan fingerprint density at radius 2 is 2.05 bits per heavy atom. The molecule has 0 aliphatic heterocycles. The molecule has 1 N–H and O–H groups in total. The van der Waals surface area contributed by atoms with Crippen LogP contribution in [0.4, 0.5) is 0 Å². The number of methoxy groups -OCH3 is 1. The third-order valence-corrected chi connectivity index (χ3v) is 3.25. The molecule has 0 fully saturated rings. The highest BCUT2D eigenvalue weighted by Gasteiger charge is 2.27. The minimum atomic E-state index is -1.17. The molecule has 1 rings (SSSR count). The number of hydrogen-bond donors (Lipinski definition) is 1. The minimum Gasteiger partial charge on any atom is -0.481 e. The highest BCUT2D eigenvalue weighted by Crippen LogP contribution is 2.33. The summed E-state index contributed by atoms with van der Waals surface area (Å²) >= 11 is 11.6. The van der Waals surface area contributed by atoms with Crippen molar-refractivity contribution < 1.29 is 28.6 Å². The molecule has 19 heavy (non-hydrogen) atoms. The van der Waals surface area contributed by atoms with E-state index in [1.54, 1.807) is 0 Å². The number of carbonyl (C=O) groups excluding carboxylic acids is 2. The van der Waals surface area contributed by atoms with Gasteiger partial charge in [-0.15, -0.1) is 0 Å². The number of aliphatic carboxylic acids is 1. The predicted molar refractivity (Wildman–Crippen MR) is 65.6 cm³/mol. The molecule has 8 heteroatoms. The lowest BCUT2D eigenvalue weighted by atomic mass is 10.0. The number of furan rings is 1. The lowest BCUT2D eigenvalue weighted by Crippen LogP contribution is -2.21. The van der Waals surface area contributed by atoms with Gasteiger partial charge < -0.3 is 14.3 Å². The number of esters is 1. The average molecular weight is 309 g/mol. The molecule has 6 nitrogen and oxygen atoms in total. The summed E-state index contributed by atoms with van der Waals surface area (Å²) in [5.74, 6) is -2.94. The van der Waals surface area contributed by atoms with Crippen molar-refractivity contribution in [2.24, 2.45) is 5.92 Å². The second-order valence-corrected chi connectivity index (χ2v) is 4.41. The van der Waals surface area contributed by atoms with Crippen LogP contribution in [0, 0.1) is 5.92 Å². The van der Waals surface area contributed by atoms with Gasteiger partial charge in [0.1, 0.15) is 15.8 Å². The highest BCUT2D eigenvalue weighted by atomic mass is 35.5. The van der Waals surface area contributed by atoms with Crippen molar-refractivity contribution in [3.8, 4) is 0 Å². The topological polar surface area (TPSA) is 93.8 Å². The van der Waals surface area contributed by atoms with Crippen LogP contribution in [0.25, 0.3) is 0 Å². The van der Waals surface area contributed by atoms with Crippen molar-refractivity contribution >= 4 is 41.4 Å². The summed E-state index contributed by atoms with van der Waals surface area (Å²) in [6.45, 7) is 0. The Hall–Kier alpha value is -1.53. The normalized spacial score (nSPS) is 11.9. The molecule has 104 valence electrons. The summed E-state index contributed by atoms with van der Waals surface area (Å²) in [5.41, 5.74) is 0. The SMILES string of the molecule is COC(=O)C(CC(=O)O)Cc1oc(C=O)c(Cl)c1Cl. The first kappa shape index (κ1) is 15.5. The number of carboxylic acid groups (broad SMARTS) is 1. The lowest BCUT2D eigenvalue weighted by Gasteiger charge is -2.10. The fourth-order valence-corrected chi connectivity index (χ4v) is 1.90. The summed E-state index contributed by atoms with van der Waals surface area (Å²) in [6, 6.07) is 0. The first-order valence-electron chi connectivity index (χ1n) is 5.12. The molecular formula is C11H10Cl2O6. The van der Waals surface area contributed by atoms with E-state index < -0.39 is 24.3 Å². The van der Waals surface area contributed by atoms with E-state index in [1.807, 2.05) is 0 Å². The number of carboxylic acids is 1.